The molecule has 0 aliphatic rings. The van der Waals surface area contributed by atoms with Gasteiger partial charge in [0.15, 0.2) is 0 Å². The summed E-state index contributed by atoms with van der Waals surface area (Å²) in [5, 5.41) is 6.36. The number of pyridine rings is 1. The Labute approximate surface area is 83.3 Å². The van der Waals surface area contributed by atoms with E-state index in [9.17, 15) is 0 Å². The molecular weight excluding hydrogens is 182 g/mol. The molecule has 0 amide bonds. The maximum atomic E-state index is 4.24. The van der Waals surface area contributed by atoms with Crippen LogP contribution in [0.1, 0.15) is 0 Å². The van der Waals surface area contributed by atoms with Crippen LogP contribution in [-0.4, -0.2) is 30.6 Å². The molecule has 0 saturated heterocycles. The van der Waals surface area contributed by atoms with E-state index in [0.29, 0.717) is 0 Å². The number of rotatable bonds is 5. The molecule has 0 atom stereocenters. The van der Waals surface area contributed by atoms with Crippen molar-refractivity contribution in [2.45, 2.75) is 0 Å². The van der Waals surface area contributed by atoms with Crippen molar-refractivity contribution in [1.29, 1.82) is 0 Å². The van der Waals surface area contributed by atoms with Gasteiger partial charge in [-0.15, -0.1) is 0 Å². The van der Waals surface area contributed by atoms with Gasteiger partial charge in [0, 0.05) is 25.5 Å². The van der Waals surface area contributed by atoms with Crippen molar-refractivity contribution >= 4 is 23.3 Å². The molecule has 0 unspecified atom stereocenters. The van der Waals surface area contributed by atoms with Gasteiger partial charge in [0.05, 0.1) is 5.69 Å². The van der Waals surface area contributed by atoms with E-state index < -0.39 is 0 Å². The summed E-state index contributed by atoms with van der Waals surface area (Å²) in [7, 11) is 1.90. The number of nitrogens with zero attached hydrogens (tertiary/aromatic N) is 1. The third-order valence-electron chi connectivity index (χ3n) is 1.68. The molecule has 0 spiro atoms. The van der Waals surface area contributed by atoms with Crippen LogP contribution < -0.4 is 10.6 Å². The van der Waals surface area contributed by atoms with Crippen LogP contribution in [0.15, 0.2) is 18.3 Å². The van der Waals surface area contributed by atoms with Crippen molar-refractivity contribution < 1.29 is 0 Å². The molecule has 13 heavy (non-hydrogen) atoms. The first-order valence-corrected chi connectivity index (χ1v) is 5.63. The molecule has 0 aliphatic heterocycles. The van der Waals surface area contributed by atoms with Crippen molar-refractivity contribution in [3.05, 3.63) is 18.3 Å². The Morgan fingerprint density at radius 1 is 1.54 bits per heavy atom. The Bertz CT molecular complexity index is 252. The van der Waals surface area contributed by atoms with Crippen LogP contribution in [0.4, 0.5) is 11.5 Å². The smallest absolute Gasteiger partial charge is 0.149 e. The van der Waals surface area contributed by atoms with Crippen LogP contribution in [-0.2, 0) is 0 Å². The fourth-order valence-corrected chi connectivity index (χ4v) is 1.33. The maximum Gasteiger partial charge on any atom is 0.149 e. The van der Waals surface area contributed by atoms with Crippen molar-refractivity contribution in [2.75, 3.05) is 36.2 Å². The van der Waals surface area contributed by atoms with Crippen LogP contribution in [0.2, 0.25) is 0 Å². The standard InChI is InChI=1S/C9H15N3S/c1-10-8-4-3-5-11-9(8)12-6-7-13-2/h3-5,10H,6-7H2,1-2H3,(H,11,12). The summed E-state index contributed by atoms with van der Waals surface area (Å²) in [5.74, 6) is 2.03. The van der Waals surface area contributed by atoms with E-state index in [1.807, 2.05) is 30.9 Å². The minimum atomic E-state index is 0.930. The third kappa shape index (κ3) is 3.14. The minimum absolute atomic E-state index is 0.930. The molecule has 0 aromatic carbocycles. The molecule has 0 fully saturated rings. The van der Waals surface area contributed by atoms with Gasteiger partial charge in [-0.1, -0.05) is 0 Å². The average Bonchev–Trinajstić information content (AvgIpc) is 2.19. The second kappa shape index (κ2) is 5.70. The van der Waals surface area contributed by atoms with E-state index in [-0.39, 0.29) is 0 Å². The van der Waals surface area contributed by atoms with Gasteiger partial charge in [0.2, 0.25) is 0 Å². The molecular formula is C9H15N3S. The molecule has 0 bridgehead atoms. The first-order chi connectivity index (χ1) is 6.38. The summed E-state index contributed by atoms with van der Waals surface area (Å²) in [5.41, 5.74) is 1.05. The van der Waals surface area contributed by atoms with Gasteiger partial charge in [-0.3, -0.25) is 0 Å². The zero-order chi connectivity index (χ0) is 9.52. The Balaban J connectivity index is 2.54. The highest BCUT2D eigenvalue weighted by atomic mass is 32.2. The molecule has 0 saturated carbocycles. The van der Waals surface area contributed by atoms with E-state index >= 15 is 0 Å². The Morgan fingerprint density at radius 3 is 3.08 bits per heavy atom. The van der Waals surface area contributed by atoms with E-state index in [1.54, 1.807) is 6.20 Å². The summed E-state index contributed by atoms with van der Waals surface area (Å²) < 4.78 is 0. The monoisotopic (exact) mass is 197 g/mol. The van der Waals surface area contributed by atoms with Crippen LogP contribution >= 0.6 is 11.8 Å². The number of hydrogen-bond acceptors (Lipinski definition) is 4. The van der Waals surface area contributed by atoms with E-state index in [0.717, 1.165) is 23.8 Å². The quantitative estimate of drug-likeness (QED) is 0.707. The highest BCUT2D eigenvalue weighted by Gasteiger charge is 1.98. The zero-order valence-electron chi connectivity index (χ0n) is 8.00. The fourth-order valence-electron chi connectivity index (χ4n) is 1.02. The predicted molar refractivity (Wildman–Crippen MR) is 60.7 cm³/mol. The maximum absolute atomic E-state index is 4.24. The summed E-state index contributed by atoms with van der Waals surface area (Å²) in [6.07, 6.45) is 3.89. The van der Waals surface area contributed by atoms with Crippen molar-refractivity contribution in [2.24, 2.45) is 0 Å². The number of aromatic nitrogens is 1. The van der Waals surface area contributed by atoms with Gasteiger partial charge in [-0.05, 0) is 18.4 Å². The molecule has 0 aliphatic carbocycles. The summed E-state index contributed by atoms with van der Waals surface area (Å²) in [4.78, 5) is 4.24. The molecule has 1 aromatic rings. The molecule has 3 nitrogen and oxygen atoms in total. The predicted octanol–water partition coefficient (Wildman–Crippen LogP) is 1.90. The Hall–Kier alpha value is -0.900. The lowest BCUT2D eigenvalue weighted by atomic mass is 10.4. The summed E-state index contributed by atoms with van der Waals surface area (Å²) >= 11 is 1.82. The average molecular weight is 197 g/mol. The second-order valence-electron chi connectivity index (χ2n) is 2.57. The van der Waals surface area contributed by atoms with Crippen molar-refractivity contribution in [1.82, 2.24) is 4.98 Å². The van der Waals surface area contributed by atoms with Gasteiger partial charge in [0.1, 0.15) is 5.82 Å². The molecule has 1 aromatic heterocycles. The van der Waals surface area contributed by atoms with E-state index in [2.05, 4.69) is 21.9 Å². The summed E-state index contributed by atoms with van der Waals surface area (Å²) in [6, 6.07) is 3.93. The normalized spacial score (nSPS) is 9.69. The molecule has 1 rings (SSSR count). The lowest BCUT2D eigenvalue weighted by Crippen LogP contribution is -2.07. The van der Waals surface area contributed by atoms with Gasteiger partial charge < -0.3 is 10.6 Å². The molecule has 72 valence electrons. The number of hydrogen-bond donors (Lipinski definition) is 2. The van der Waals surface area contributed by atoms with Crippen molar-refractivity contribution in [3.8, 4) is 0 Å². The van der Waals surface area contributed by atoms with Gasteiger partial charge >= 0.3 is 0 Å². The van der Waals surface area contributed by atoms with Gasteiger partial charge in [0.25, 0.3) is 0 Å². The van der Waals surface area contributed by atoms with Gasteiger partial charge in [-0.2, -0.15) is 11.8 Å². The van der Waals surface area contributed by atoms with Crippen LogP contribution in [0, 0.1) is 0 Å². The molecule has 0 radical (unpaired) electrons. The summed E-state index contributed by atoms with van der Waals surface area (Å²) in [6.45, 7) is 0.951. The lowest BCUT2D eigenvalue weighted by Gasteiger charge is -2.08. The van der Waals surface area contributed by atoms with Crippen molar-refractivity contribution in [3.63, 3.8) is 0 Å². The second-order valence-corrected chi connectivity index (χ2v) is 3.55. The largest absolute Gasteiger partial charge is 0.385 e. The fraction of sp³-hybridized carbons (Fsp3) is 0.444. The molecule has 1 heterocycles. The Morgan fingerprint density at radius 2 is 2.38 bits per heavy atom. The number of thioether (sulfide) groups is 1. The number of anilines is 2. The van der Waals surface area contributed by atoms with Crippen LogP contribution in [0.5, 0.6) is 0 Å². The van der Waals surface area contributed by atoms with Gasteiger partial charge in [-0.25, -0.2) is 4.98 Å². The number of nitrogens with one attached hydrogen (secondary N) is 2. The highest BCUT2D eigenvalue weighted by molar-refractivity contribution is 7.98. The topological polar surface area (TPSA) is 37.0 Å². The first kappa shape index (κ1) is 10.2. The van der Waals surface area contributed by atoms with E-state index in [4.69, 9.17) is 0 Å². The molecule has 4 heteroatoms. The molecule has 2 N–H and O–H groups in total. The Kier molecular flexibility index (Phi) is 4.46. The zero-order valence-corrected chi connectivity index (χ0v) is 8.82. The third-order valence-corrected chi connectivity index (χ3v) is 2.29. The first-order valence-electron chi connectivity index (χ1n) is 4.24. The van der Waals surface area contributed by atoms with Crippen LogP contribution in [0.25, 0.3) is 0 Å². The van der Waals surface area contributed by atoms with E-state index in [1.165, 1.54) is 0 Å². The highest BCUT2D eigenvalue weighted by Crippen LogP contribution is 2.16. The minimum Gasteiger partial charge on any atom is -0.385 e. The van der Waals surface area contributed by atoms with Crippen LogP contribution in [0.3, 0.4) is 0 Å². The SMILES string of the molecule is CNc1cccnc1NCCSC. The lowest BCUT2D eigenvalue weighted by molar-refractivity contribution is 1.17.